The summed E-state index contributed by atoms with van der Waals surface area (Å²) in [6.07, 6.45) is 8.86. The standard InChI is InChI=1S/C27H22F2N4O4/c1-2-36-24-12-15-33(19-8-5-17(28)6-9-19)27(35)25(24)26(34)32-18-7-10-22(20(29)16-18)37-23-4-3-14-31-21(23)11-13-30/h3-16,30-31H,2H2,1H3,(H,32,34)/b21-11-,30-13?. The zero-order valence-electron chi connectivity index (χ0n) is 19.6. The summed E-state index contributed by atoms with van der Waals surface area (Å²) in [4.78, 5) is 26.3. The molecule has 0 spiro atoms. The number of allylic oxidation sites excluding steroid dienone is 3. The van der Waals surface area contributed by atoms with Gasteiger partial charge < -0.3 is 25.5 Å². The number of carbonyl (C=O) groups is 1. The number of hydrogen-bond donors (Lipinski definition) is 3. The molecular weight excluding hydrogens is 482 g/mol. The van der Waals surface area contributed by atoms with Crippen LogP contribution in [-0.2, 0) is 0 Å². The smallest absolute Gasteiger partial charge is 0.271 e. The number of aromatic nitrogens is 1. The fourth-order valence-corrected chi connectivity index (χ4v) is 3.52. The quantitative estimate of drug-likeness (QED) is 0.387. The zero-order valence-corrected chi connectivity index (χ0v) is 19.6. The first-order valence-electron chi connectivity index (χ1n) is 11.2. The largest absolute Gasteiger partial charge is 0.493 e. The Hall–Kier alpha value is -4.99. The van der Waals surface area contributed by atoms with E-state index in [1.54, 1.807) is 25.3 Å². The third-order valence-electron chi connectivity index (χ3n) is 5.19. The molecule has 0 radical (unpaired) electrons. The van der Waals surface area contributed by atoms with E-state index in [0.29, 0.717) is 17.1 Å². The Labute approximate surface area is 210 Å². The maximum Gasteiger partial charge on any atom is 0.271 e. The number of benzene rings is 2. The highest BCUT2D eigenvalue weighted by molar-refractivity contribution is 6.06. The number of dihydropyridines is 1. The topological polar surface area (TPSA) is 105 Å². The van der Waals surface area contributed by atoms with Crippen molar-refractivity contribution in [3.63, 3.8) is 0 Å². The molecule has 1 aromatic heterocycles. The van der Waals surface area contributed by atoms with Gasteiger partial charge in [0.25, 0.3) is 11.5 Å². The molecule has 0 aliphatic carbocycles. The van der Waals surface area contributed by atoms with E-state index in [2.05, 4.69) is 10.6 Å². The number of nitrogens with zero attached hydrogens (tertiary/aromatic N) is 1. The molecule has 37 heavy (non-hydrogen) atoms. The highest BCUT2D eigenvalue weighted by Gasteiger charge is 2.21. The van der Waals surface area contributed by atoms with Crippen molar-refractivity contribution in [2.75, 3.05) is 11.9 Å². The second kappa shape index (κ2) is 11.2. The maximum absolute atomic E-state index is 14.8. The highest BCUT2D eigenvalue weighted by Crippen LogP contribution is 2.26. The van der Waals surface area contributed by atoms with Gasteiger partial charge >= 0.3 is 0 Å². The Bertz CT molecular complexity index is 1490. The fourth-order valence-electron chi connectivity index (χ4n) is 3.52. The maximum atomic E-state index is 14.8. The normalized spacial score (nSPS) is 13.5. The van der Waals surface area contributed by atoms with E-state index in [9.17, 15) is 18.4 Å². The van der Waals surface area contributed by atoms with Crippen LogP contribution in [0.2, 0.25) is 0 Å². The molecule has 0 fully saturated rings. The molecule has 1 amide bonds. The monoisotopic (exact) mass is 504 g/mol. The molecule has 4 rings (SSSR count). The van der Waals surface area contributed by atoms with E-state index in [0.717, 1.165) is 12.3 Å². The third-order valence-corrected chi connectivity index (χ3v) is 5.19. The van der Waals surface area contributed by atoms with Gasteiger partial charge in [-0.15, -0.1) is 0 Å². The molecule has 0 atom stereocenters. The zero-order chi connectivity index (χ0) is 26.4. The van der Waals surface area contributed by atoms with Crippen molar-refractivity contribution in [2.45, 2.75) is 6.92 Å². The van der Waals surface area contributed by atoms with Crippen LogP contribution in [0.3, 0.4) is 0 Å². The minimum Gasteiger partial charge on any atom is -0.493 e. The lowest BCUT2D eigenvalue weighted by atomic mass is 10.2. The molecule has 3 N–H and O–H groups in total. The van der Waals surface area contributed by atoms with Crippen molar-refractivity contribution in [3.05, 3.63) is 118 Å². The molecule has 0 bridgehead atoms. The average molecular weight is 504 g/mol. The van der Waals surface area contributed by atoms with Gasteiger partial charge in [0.05, 0.1) is 12.3 Å². The van der Waals surface area contributed by atoms with Crippen molar-refractivity contribution in [1.29, 1.82) is 5.41 Å². The number of amides is 1. The Morgan fingerprint density at radius 1 is 1.14 bits per heavy atom. The summed E-state index contributed by atoms with van der Waals surface area (Å²) >= 11 is 0. The Balaban J connectivity index is 1.61. The average Bonchev–Trinajstić information content (AvgIpc) is 2.88. The molecule has 0 saturated heterocycles. The number of pyridine rings is 1. The Morgan fingerprint density at radius 3 is 2.62 bits per heavy atom. The van der Waals surface area contributed by atoms with Crippen LogP contribution >= 0.6 is 0 Å². The molecule has 0 unspecified atom stereocenters. The van der Waals surface area contributed by atoms with Crippen molar-refractivity contribution in [3.8, 4) is 17.2 Å². The van der Waals surface area contributed by atoms with Crippen molar-refractivity contribution in [2.24, 2.45) is 0 Å². The summed E-state index contributed by atoms with van der Waals surface area (Å²) in [7, 11) is 0. The van der Waals surface area contributed by atoms with E-state index in [1.165, 1.54) is 59.3 Å². The lowest BCUT2D eigenvalue weighted by molar-refractivity contribution is 0.102. The first-order valence-corrected chi connectivity index (χ1v) is 11.2. The first kappa shape index (κ1) is 25.1. The van der Waals surface area contributed by atoms with E-state index >= 15 is 0 Å². The van der Waals surface area contributed by atoms with Crippen LogP contribution in [-0.4, -0.2) is 23.3 Å². The van der Waals surface area contributed by atoms with Crippen molar-refractivity contribution in [1.82, 2.24) is 9.88 Å². The van der Waals surface area contributed by atoms with Gasteiger partial charge in [0, 0.05) is 36.1 Å². The van der Waals surface area contributed by atoms with Gasteiger partial charge in [0.15, 0.2) is 17.3 Å². The number of anilines is 1. The summed E-state index contributed by atoms with van der Waals surface area (Å²) in [5.41, 5.74) is -0.0697. The fraction of sp³-hybridized carbons (Fsp3) is 0.0741. The molecule has 3 aromatic rings. The van der Waals surface area contributed by atoms with Crippen molar-refractivity contribution >= 4 is 17.8 Å². The molecule has 2 heterocycles. The summed E-state index contributed by atoms with van der Waals surface area (Å²) in [6.45, 7) is 1.91. The number of ether oxygens (including phenoxy) is 2. The van der Waals surface area contributed by atoms with E-state index in [4.69, 9.17) is 14.9 Å². The van der Waals surface area contributed by atoms with Gasteiger partial charge in [-0.1, -0.05) is 0 Å². The second-order valence-corrected chi connectivity index (χ2v) is 7.62. The van der Waals surface area contributed by atoms with Crippen LogP contribution in [0.5, 0.6) is 11.5 Å². The first-order chi connectivity index (χ1) is 17.9. The lowest BCUT2D eigenvalue weighted by Gasteiger charge is -2.17. The molecule has 8 nitrogen and oxygen atoms in total. The summed E-state index contributed by atoms with van der Waals surface area (Å²) in [5.74, 6) is -1.79. The van der Waals surface area contributed by atoms with Crippen LogP contribution in [0.15, 0.2) is 95.4 Å². The molecular formula is C27H22F2N4O4. The van der Waals surface area contributed by atoms with Crippen LogP contribution in [0.25, 0.3) is 5.69 Å². The predicted octanol–water partition coefficient (Wildman–Crippen LogP) is 4.68. The number of rotatable bonds is 8. The molecule has 0 saturated carbocycles. The van der Waals surface area contributed by atoms with Gasteiger partial charge in [0.2, 0.25) is 0 Å². The lowest BCUT2D eigenvalue weighted by Crippen LogP contribution is -2.29. The summed E-state index contributed by atoms with van der Waals surface area (Å²) in [5, 5.41) is 12.7. The molecule has 188 valence electrons. The second-order valence-electron chi connectivity index (χ2n) is 7.62. The van der Waals surface area contributed by atoms with Crippen molar-refractivity contribution < 1.29 is 23.0 Å². The third kappa shape index (κ3) is 5.64. The van der Waals surface area contributed by atoms with Crippen LogP contribution < -0.4 is 25.7 Å². The van der Waals surface area contributed by atoms with Gasteiger partial charge in [0.1, 0.15) is 17.1 Å². The predicted molar refractivity (Wildman–Crippen MR) is 135 cm³/mol. The van der Waals surface area contributed by atoms with Gasteiger partial charge in [-0.05, 0) is 67.6 Å². The number of nitrogens with one attached hydrogen (secondary N) is 3. The SMILES string of the molecule is CCOc1ccn(-c2ccc(F)cc2)c(=O)c1C(=O)Nc1ccc(OC2=CC=CN/C2=C\C=N)c(F)c1. The van der Waals surface area contributed by atoms with E-state index in [-0.39, 0.29) is 29.4 Å². The Morgan fingerprint density at radius 2 is 1.92 bits per heavy atom. The summed E-state index contributed by atoms with van der Waals surface area (Å²) < 4.78 is 40.5. The van der Waals surface area contributed by atoms with E-state index < -0.39 is 23.1 Å². The molecule has 1 aliphatic heterocycles. The van der Waals surface area contributed by atoms with E-state index in [1.807, 2.05) is 0 Å². The minimum atomic E-state index is -0.807. The highest BCUT2D eigenvalue weighted by atomic mass is 19.1. The van der Waals surface area contributed by atoms with Crippen LogP contribution in [0, 0.1) is 17.0 Å². The van der Waals surface area contributed by atoms with Gasteiger partial charge in [-0.2, -0.15) is 0 Å². The minimum absolute atomic E-state index is 0.0547. The molecule has 1 aliphatic rings. The van der Waals surface area contributed by atoms with Gasteiger partial charge in [-0.25, -0.2) is 8.78 Å². The molecule has 10 heteroatoms. The van der Waals surface area contributed by atoms with Crippen LogP contribution in [0.4, 0.5) is 14.5 Å². The summed E-state index contributed by atoms with van der Waals surface area (Å²) in [6, 6.07) is 10.5. The number of halogens is 2. The molecule has 2 aromatic carbocycles. The Kier molecular flexibility index (Phi) is 7.58. The van der Waals surface area contributed by atoms with Gasteiger partial charge in [-0.3, -0.25) is 14.2 Å². The van der Waals surface area contributed by atoms with Crippen LogP contribution in [0.1, 0.15) is 17.3 Å². The number of carbonyl (C=O) groups excluding carboxylic acids is 1. The number of hydrogen-bond acceptors (Lipinski definition) is 6.